The molecule has 1 aliphatic rings. The van der Waals surface area contributed by atoms with Gasteiger partial charge in [-0.1, -0.05) is 36.4 Å². The highest BCUT2D eigenvalue weighted by atomic mass is 32.2. The average molecular weight is 395 g/mol. The zero-order chi connectivity index (χ0) is 20.1. The summed E-state index contributed by atoms with van der Waals surface area (Å²) in [4.78, 5) is 25.4. The first-order valence-electron chi connectivity index (χ1n) is 8.73. The van der Waals surface area contributed by atoms with Gasteiger partial charge in [0, 0.05) is 12.6 Å². The molecule has 0 radical (unpaired) electrons. The summed E-state index contributed by atoms with van der Waals surface area (Å²) in [6.45, 7) is 4.23. The van der Waals surface area contributed by atoms with Gasteiger partial charge in [0.25, 0.3) is 11.1 Å². The van der Waals surface area contributed by atoms with Crippen LogP contribution in [0.1, 0.15) is 16.7 Å². The Bertz CT molecular complexity index is 937. The van der Waals surface area contributed by atoms with Crippen molar-refractivity contribution in [2.75, 3.05) is 14.2 Å². The number of carbonyl (C=O) groups excluding carboxylic acids is 2. The first-order chi connectivity index (χ1) is 13.5. The highest BCUT2D eigenvalue weighted by molar-refractivity contribution is 8.18. The van der Waals surface area contributed by atoms with Gasteiger partial charge < -0.3 is 9.47 Å². The molecule has 1 heterocycles. The Hall–Kier alpha value is -2.99. The number of methoxy groups -OCH3 is 1. The smallest absolute Gasteiger partial charge is 0.293 e. The van der Waals surface area contributed by atoms with E-state index in [4.69, 9.17) is 9.47 Å². The number of nitrogens with zero attached hydrogens (tertiary/aromatic N) is 1. The lowest BCUT2D eigenvalue weighted by molar-refractivity contribution is -0.121. The summed E-state index contributed by atoms with van der Waals surface area (Å²) in [6.07, 6.45) is 4.07. The molecule has 0 saturated carbocycles. The maximum atomic E-state index is 12.2. The number of hydrogen-bond donors (Lipinski definition) is 0. The number of ether oxygens (including phenoxy) is 2. The molecule has 0 atom stereocenters. The summed E-state index contributed by atoms with van der Waals surface area (Å²) < 4.78 is 11.6. The minimum Gasteiger partial charge on any atom is -0.493 e. The van der Waals surface area contributed by atoms with E-state index in [0.29, 0.717) is 29.4 Å². The van der Waals surface area contributed by atoms with Crippen molar-refractivity contribution >= 4 is 29.0 Å². The molecule has 0 aromatic heterocycles. The normalized spacial score (nSPS) is 15.2. The molecule has 1 aliphatic heterocycles. The maximum Gasteiger partial charge on any atom is 0.293 e. The summed E-state index contributed by atoms with van der Waals surface area (Å²) in [5, 5.41) is -0.280. The first-order valence-corrected chi connectivity index (χ1v) is 9.55. The zero-order valence-electron chi connectivity index (χ0n) is 15.8. The molecule has 2 aromatic carbocycles. The lowest BCUT2D eigenvalue weighted by Crippen LogP contribution is -2.22. The molecule has 0 spiro atoms. The molecule has 5 nitrogen and oxygen atoms in total. The van der Waals surface area contributed by atoms with Gasteiger partial charge in [-0.15, -0.1) is 6.58 Å². The fourth-order valence-electron chi connectivity index (χ4n) is 2.82. The Morgan fingerprint density at radius 1 is 1.18 bits per heavy atom. The zero-order valence-corrected chi connectivity index (χ0v) is 16.6. The standard InChI is InChI=1S/C22H21NO4S/c1-4-8-17-11-16(13-19-21(24)23(2)22(25)28-19)12-18(26-3)20(17)27-14-15-9-6-5-7-10-15/h4-7,9-13H,1,8,14H2,2-3H3/b19-13-. The molecular formula is C22H21NO4S. The quantitative estimate of drug-likeness (QED) is 0.504. The Morgan fingerprint density at radius 2 is 1.93 bits per heavy atom. The van der Waals surface area contributed by atoms with E-state index < -0.39 is 0 Å². The van der Waals surface area contributed by atoms with Gasteiger partial charge in [0.05, 0.1) is 12.0 Å². The molecule has 1 fully saturated rings. The van der Waals surface area contributed by atoms with E-state index in [1.54, 1.807) is 25.3 Å². The van der Waals surface area contributed by atoms with Crippen molar-refractivity contribution in [2.24, 2.45) is 0 Å². The molecular weight excluding hydrogens is 374 g/mol. The van der Waals surface area contributed by atoms with E-state index in [2.05, 4.69) is 6.58 Å². The van der Waals surface area contributed by atoms with Crippen molar-refractivity contribution in [1.82, 2.24) is 4.90 Å². The SMILES string of the molecule is C=CCc1cc(/C=C2\SC(=O)N(C)C2=O)cc(OC)c1OCc1ccccc1. The summed E-state index contributed by atoms with van der Waals surface area (Å²) in [5.74, 6) is 0.910. The number of rotatable bonds is 7. The van der Waals surface area contributed by atoms with Crippen LogP contribution < -0.4 is 9.47 Å². The molecule has 0 N–H and O–H groups in total. The Labute approximate surface area is 168 Å². The molecule has 2 aromatic rings. The van der Waals surface area contributed by atoms with Crippen LogP contribution in [0.2, 0.25) is 0 Å². The molecule has 3 rings (SSSR count). The third kappa shape index (κ3) is 4.28. The van der Waals surface area contributed by atoms with Crippen molar-refractivity contribution < 1.29 is 19.1 Å². The van der Waals surface area contributed by atoms with Gasteiger partial charge in [-0.2, -0.15) is 0 Å². The number of thioether (sulfide) groups is 1. The molecule has 0 unspecified atom stereocenters. The van der Waals surface area contributed by atoms with E-state index in [-0.39, 0.29) is 11.1 Å². The van der Waals surface area contributed by atoms with Crippen LogP contribution in [0.25, 0.3) is 6.08 Å². The van der Waals surface area contributed by atoms with Crippen LogP contribution in [0.15, 0.2) is 60.0 Å². The van der Waals surface area contributed by atoms with Crippen LogP contribution in [0.4, 0.5) is 4.79 Å². The third-order valence-corrected chi connectivity index (χ3v) is 5.21. The maximum absolute atomic E-state index is 12.2. The molecule has 144 valence electrons. The molecule has 0 aliphatic carbocycles. The lowest BCUT2D eigenvalue weighted by Gasteiger charge is -2.16. The second kappa shape index (κ2) is 8.80. The number of imide groups is 1. The number of hydrogen-bond acceptors (Lipinski definition) is 5. The van der Waals surface area contributed by atoms with Crippen LogP contribution in [-0.4, -0.2) is 30.2 Å². The van der Waals surface area contributed by atoms with Crippen LogP contribution in [-0.2, 0) is 17.8 Å². The monoisotopic (exact) mass is 395 g/mol. The van der Waals surface area contributed by atoms with Gasteiger partial charge in [0.15, 0.2) is 11.5 Å². The van der Waals surface area contributed by atoms with E-state index in [9.17, 15) is 9.59 Å². The van der Waals surface area contributed by atoms with Gasteiger partial charge in [-0.25, -0.2) is 0 Å². The molecule has 28 heavy (non-hydrogen) atoms. The van der Waals surface area contributed by atoms with Gasteiger partial charge >= 0.3 is 0 Å². The van der Waals surface area contributed by atoms with Crippen LogP contribution in [0, 0.1) is 0 Å². The molecule has 0 bridgehead atoms. The van der Waals surface area contributed by atoms with Crippen LogP contribution >= 0.6 is 11.8 Å². The van der Waals surface area contributed by atoms with Crippen molar-refractivity contribution in [3.8, 4) is 11.5 Å². The highest BCUT2D eigenvalue weighted by Gasteiger charge is 2.31. The third-order valence-electron chi connectivity index (χ3n) is 4.25. The van der Waals surface area contributed by atoms with E-state index >= 15 is 0 Å². The first kappa shape index (κ1) is 19.8. The highest BCUT2D eigenvalue weighted by Crippen LogP contribution is 2.37. The summed E-state index contributed by atoms with van der Waals surface area (Å²) >= 11 is 0.927. The largest absolute Gasteiger partial charge is 0.493 e. The van der Waals surface area contributed by atoms with E-state index in [1.807, 2.05) is 36.4 Å². The number of allylic oxidation sites excluding steroid dienone is 1. The Morgan fingerprint density at radius 3 is 2.54 bits per heavy atom. The van der Waals surface area contributed by atoms with Gasteiger partial charge in [-0.05, 0) is 47.5 Å². The van der Waals surface area contributed by atoms with Gasteiger partial charge in [0.1, 0.15) is 6.61 Å². The Kier molecular flexibility index (Phi) is 6.21. The van der Waals surface area contributed by atoms with E-state index in [1.165, 1.54) is 7.05 Å². The second-order valence-electron chi connectivity index (χ2n) is 6.22. The van der Waals surface area contributed by atoms with Crippen molar-refractivity contribution in [3.05, 3.63) is 76.7 Å². The second-order valence-corrected chi connectivity index (χ2v) is 7.21. The number of benzene rings is 2. The lowest BCUT2D eigenvalue weighted by atomic mass is 10.0. The van der Waals surface area contributed by atoms with Crippen molar-refractivity contribution in [2.45, 2.75) is 13.0 Å². The minimum atomic E-state index is -0.302. The van der Waals surface area contributed by atoms with Crippen LogP contribution in [0.3, 0.4) is 0 Å². The number of carbonyl (C=O) groups is 2. The number of likely N-dealkylation sites (N-methyl/N-ethyl adjacent to an activating group) is 1. The van der Waals surface area contributed by atoms with Gasteiger partial charge in [-0.3, -0.25) is 14.5 Å². The van der Waals surface area contributed by atoms with E-state index in [0.717, 1.165) is 33.4 Å². The van der Waals surface area contributed by atoms with Crippen molar-refractivity contribution in [3.63, 3.8) is 0 Å². The molecule has 1 saturated heterocycles. The fourth-order valence-corrected chi connectivity index (χ4v) is 3.64. The van der Waals surface area contributed by atoms with Crippen molar-refractivity contribution in [1.29, 1.82) is 0 Å². The van der Waals surface area contributed by atoms with Gasteiger partial charge in [0.2, 0.25) is 0 Å². The topological polar surface area (TPSA) is 55.8 Å². The predicted molar refractivity (Wildman–Crippen MR) is 111 cm³/mol. The minimum absolute atomic E-state index is 0.280. The summed E-state index contributed by atoms with van der Waals surface area (Å²) in [5.41, 5.74) is 2.71. The number of amides is 2. The summed E-state index contributed by atoms with van der Waals surface area (Å²) in [6, 6.07) is 13.6. The fraction of sp³-hybridized carbons (Fsp3) is 0.182. The van der Waals surface area contributed by atoms with Crippen LogP contribution in [0.5, 0.6) is 11.5 Å². The predicted octanol–water partition coefficient (Wildman–Crippen LogP) is 4.67. The Balaban J connectivity index is 1.94. The summed E-state index contributed by atoms with van der Waals surface area (Å²) in [7, 11) is 3.05. The molecule has 2 amide bonds. The average Bonchev–Trinajstić information content (AvgIpc) is 2.94. The molecule has 6 heteroatoms.